The van der Waals surface area contributed by atoms with E-state index in [9.17, 15) is 0 Å². The Hall–Kier alpha value is -5.27. The van der Waals surface area contributed by atoms with Gasteiger partial charge in [-0.1, -0.05) is 121 Å². The molecule has 0 spiro atoms. The van der Waals surface area contributed by atoms with Crippen molar-refractivity contribution in [1.29, 1.82) is 0 Å². The summed E-state index contributed by atoms with van der Waals surface area (Å²) in [5.41, 5.74) is 11.0. The van der Waals surface area contributed by atoms with Crippen LogP contribution in [0.5, 0.6) is 0 Å². The van der Waals surface area contributed by atoms with E-state index in [2.05, 4.69) is 153 Å². The standard InChI is InChI=1S/C43H31N/c1-3-8-33-26(2)15-23-37-42(33)41(43-35-14-5-4-9-27(35)20-24-38(43)44-37)32-13-7-12-31(25-32)34-21-18-30-17-16-28-10-6-11-29-19-22-36(34)40(30)39(28)29/h3-25,27,35H,1-2H3/b8-3-/t27?,35-/m1/s1. The molecule has 0 radical (unpaired) electrons. The predicted octanol–water partition coefficient (Wildman–Crippen LogP) is 11.7. The normalized spacial score (nSPS) is 17.4. The highest BCUT2D eigenvalue weighted by atomic mass is 14.7. The molecule has 0 bridgehead atoms. The van der Waals surface area contributed by atoms with Crippen molar-refractivity contribution in [3.05, 3.63) is 150 Å². The molecule has 0 fully saturated rings. The Bertz CT molecular complexity index is 2400. The third-order valence-electron chi connectivity index (χ3n) is 9.79. The first-order valence-corrected chi connectivity index (χ1v) is 15.6. The second-order valence-corrected chi connectivity index (χ2v) is 12.3. The topological polar surface area (TPSA) is 12.9 Å². The van der Waals surface area contributed by atoms with Crippen molar-refractivity contribution in [2.24, 2.45) is 5.92 Å². The lowest BCUT2D eigenvalue weighted by Gasteiger charge is -2.30. The summed E-state index contributed by atoms with van der Waals surface area (Å²) in [6, 6.07) is 34.0. The molecule has 44 heavy (non-hydrogen) atoms. The molecule has 1 heterocycles. The van der Waals surface area contributed by atoms with Crippen molar-refractivity contribution in [3.63, 3.8) is 0 Å². The molecular formula is C43H31N. The molecule has 2 atom stereocenters. The van der Waals surface area contributed by atoms with Crippen LogP contribution in [-0.2, 0) is 0 Å². The van der Waals surface area contributed by atoms with Gasteiger partial charge in [-0.25, -0.2) is 4.98 Å². The summed E-state index contributed by atoms with van der Waals surface area (Å²) in [5.74, 6) is 0.588. The van der Waals surface area contributed by atoms with E-state index >= 15 is 0 Å². The fourth-order valence-corrected chi connectivity index (χ4v) is 7.79. The lowest BCUT2D eigenvalue weighted by atomic mass is 9.74. The second-order valence-electron chi connectivity index (χ2n) is 12.3. The largest absolute Gasteiger partial charge is 0.248 e. The van der Waals surface area contributed by atoms with Crippen LogP contribution in [0.25, 0.3) is 77.6 Å². The number of fused-ring (bicyclic) bond motifs is 4. The van der Waals surface area contributed by atoms with Gasteiger partial charge in [0.05, 0.1) is 11.2 Å². The van der Waals surface area contributed by atoms with E-state index in [4.69, 9.17) is 4.98 Å². The van der Waals surface area contributed by atoms with Gasteiger partial charge < -0.3 is 0 Å². The molecular weight excluding hydrogens is 530 g/mol. The Morgan fingerprint density at radius 3 is 2.30 bits per heavy atom. The van der Waals surface area contributed by atoms with Gasteiger partial charge >= 0.3 is 0 Å². The monoisotopic (exact) mass is 561 g/mol. The molecule has 0 amide bonds. The van der Waals surface area contributed by atoms with Crippen molar-refractivity contribution in [3.8, 4) is 22.3 Å². The molecule has 1 aromatic heterocycles. The van der Waals surface area contributed by atoms with E-state index in [1.807, 2.05) is 0 Å². The highest BCUT2D eigenvalue weighted by Gasteiger charge is 2.30. The number of aromatic nitrogens is 1. The van der Waals surface area contributed by atoms with E-state index in [1.165, 1.54) is 76.6 Å². The van der Waals surface area contributed by atoms with Gasteiger partial charge in [0.25, 0.3) is 0 Å². The van der Waals surface area contributed by atoms with E-state index < -0.39 is 0 Å². The molecule has 0 aliphatic heterocycles. The van der Waals surface area contributed by atoms with Crippen LogP contribution < -0.4 is 0 Å². The summed E-state index contributed by atoms with van der Waals surface area (Å²) in [6.07, 6.45) is 18.0. The van der Waals surface area contributed by atoms with Gasteiger partial charge in [0.15, 0.2) is 0 Å². The van der Waals surface area contributed by atoms with Gasteiger partial charge in [-0.15, -0.1) is 0 Å². The second kappa shape index (κ2) is 9.62. The van der Waals surface area contributed by atoms with Crippen LogP contribution in [0.15, 0.2) is 127 Å². The molecule has 1 nitrogen and oxygen atoms in total. The average molecular weight is 562 g/mol. The first-order valence-electron chi connectivity index (χ1n) is 15.6. The van der Waals surface area contributed by atoms with E-state index in [0.717, 1.165) is 11.2 Å². The van der Waals surface area contributed by atoms with Crippen molar-refractivity contribution in [2.75, 3.05) is 0 Å². The Kier molecular flexibility index (Phi) is 5.52. The number of allylic oxidation sites excluding steroid dienone is 6. The molecule has 0 N–H and O–H groups in total. The quantitative estimate of drug-likeness (QED) is 0.196. The maximum atomic E-state index is 5.27. The maximum absolute atomic E-state index is 5.27. The molecule has 2 aliphatic carbocycles. The van der Waals surface area contributed by atoms with Crippen molar-refractivity contribution >= 4 is 55.4 Å². The summed E-state index contributed by atoms with van der Waals surface area (Å²) in [6.45, 7) is 4.32. The fraction of sp³-hybridized carbons (Fsp3) is 0.0930. The van der Waals surface area contributed by atoms with E-state index in [0.29, 0.717) is 5.92 Å². The molecule has 208 valence electrons. The third-order valence-corrected chi connectivity index (χ3v) is 9.79. The summed E-state index contributed by atoms with van der Waals surface area (Å²) in [4.78, 5) is 5.27. The molecule has 0 saturated carbocycles. The van der Waals surface area contributed by atoms with Crippen LogP contribution in [0, 0.1) is 12.8 Å². The first kappa shape index (κ1) is 25.2. The smallest absolute Gasteiger partial charge is 0.0721 e. The Morgan fingerprint density at radius 2 is 1.43 bits per heavy atom. The minimum atomic E-state index is 0.254. The maximum Gasteiger partial charge on any atom is 0.0721 e. The number of hydrogen-bond donors (Lipinski definition) is 0. The van der Waals surface area contributed by atoms with Gasteiger partial charge in [0.2, 0.25) is 0 Å². The molecule has 7 aromatic rings. The summed E-state index contributed by atoms with van der Waals surface area (Å²) >= 11 is 0. The van der Waals surface area contributed by atoms with Crippen LogP contribution in [0.3, 0.4) is 0 Å². The SMILES string of the molecule is C/C=C\c1c(C)ccc2nc3c(c(-c4cccc(-c5ccc6ccc7cccc8ccc5c6c78)c4)c12)[C@@H]1C=CC=CC1C=C3. The average Bonchev–Trinajstić information content (AvgIpc) is 3.07. The molecule has 2 aliphatic rings. The lowest BCUT2D eigenvalue weighted by molar-refractivity contribution is 0.690. The zero-order chi connectivity index (χ0) is 29.4. The third kappa shape index (κ3) is 3.63. The molecule has 9 rings (SSSR count). The summed E-state index contributed by atoms with van der Waals surface area (Å²) < 4.78 is 0. The minimum absolute atomic E-state index is 0.254. The summed E-state index contributed by atoms with van der Waals surface area (Å²) in [7, 11) is 0. The zero-order valence-corrected chi connectivity index (χ0v) is 24.9. The van der Waals surface area contributed by atoms with Crippen LogP contribution in [-0.4, -0.2) is 4.98 Å². The molecule has 1 heteroatoms. The Balaban J connectivity index is 1.35. The van der Waals surface area contributed by atoms with Gasteiger partial charge in [0.1, 0.15) is 0 Å². The van der Waals surface area contributed by atoms with Crippen molar-refractivity contribution in [1.82, 2.24) is 4.98 Å². The Morgan fingerprint density at radius 1 is 0.682 bits per heavy atom. The number of pyridine rings is 1. The first-order chi connectivity index (χ1) is 21.7. The predicted molar refractivity (Wildman–Crippen MR) is 189 cm³/mol. The van der Waals surface area contributed by atoms with E-state index in [-0.39, 0.29) is 5.92 Å². The zero-order valence-electron chi connectivity index (χ0n) is 24.9. The van der Waals surface area contributed by atoms with Gasteiger partial charge in [0, 0.05) is 17.2 Å². The van der Waals surface area contributed by atoms with Gasteiger partial charge in [-0.05, 0) is 103 Å². The summed E-state index contributed by atoms with van der Waals surface area (Å²) in [5, 5.41) is 9.14. The van der Waals surface area contributed by atoms with Gasteiger partial charge in [-0.3, -0.25) is 0 Å². The lowest BCUT2D eigenvalue weighted by Crippen LogP contribution is -2.16. The van der Waals surface area contributed by atoms with Crippen molar-refractivity contribution < 1.29 is 0 Å². The van der Waals surface area contributed by atoms with Crippen LogP contribution in [0.4, 0.5) is 0 Å². The number of rotatable bonds is 3. The minimum Gasteiger partial charge on any atom is -0.248 e. The number of hydrogen-bond acceptors (Lipinski definition) is 1. The fourth-order valence-electron chi connectivity index (χ4n) is 7.79. The van der Waals surface area contributed by atoms with E-state index in [1.54, 1.807) is 0 Å². The number of benzene rings is 6. The molecule has 0 saturated heterocycles. The Labute approximate surface area is 257 Å². The van der Waals surface area contributed by atoms with Crippen LogP contribution >= 0.6 is 0 Å². The number of aryl methyl sites for hydroxylation is 1. The highest BCUT2D eigenvalue weighted by molar-refractivity contribution is 6.25. The van der Waals surface area contributed by atoms with Crippen LogP contribution in [0.2, 0.25) is 0 Å². The van der Waals surface area contributed by atoms with Crippen molar-refractivity contribution in [2.45, 2.75) is 19.8 Å². The highest BCUT2D eigenvalue weighted by Crippen LogP contribution is 2.47. The molecule has 1 unspecified atom stereocenters. The van der Waals surface area contributed by atoms with Crippen LogP contribution in [0.1, 0.15) is 35.2 Å². The molecule has 6 aromatic carbocycles. The van der Waals surface area contributed by atoms with Gasteiger partial charge in [-0.2, -0.15) is 0 Å². The number of nitrogens with zero attached hydrogens (tertiary/aromatic N) is 1.